The molecular formula is C23H22N4O3. The van der Waals surface area contributed by atoms with Gasteiger partial charge in [0.1, 0.15) is 6.54 Å². The molecule has 0 aliphatic carbocycles. The maximum atomic E-state index is 12.3. The molecule has 4 aromatic rings. The Hall–Kier alpha value is -3.71. The van der Waals surface area contributed by atoms with Crippen molar-refractivity contribution in [2.24, 2.45) is 0 Å². The number of hydrogen-bond donors (Lipinski definition) is 1. The molecule has 0 bridgehead atoms. The molecule has 2 heterocycles. The first-order chi connectivity index (χ1) is 14.7. The highest BCUT2D eigenvalue weighted by atomic mass is 16.5. The number of nitrogens with one attached hydrogen (secondary N) is 1. The molecule has 0 spiro atoms. The number of amides is 1. The Morgan fingerprint density at radius 3 is 2.47 bits per heavy atom. The van der Waals surface area contributed by atoms with E-state index in [1.54, 1.807) is 24.4 Å². The summed E-state index contributed by atoms with van der Waals surface area (Å²) in [5.41, 5.74) is 3.31. The number of aromatic nitrogens is 3. The number of fused-ring (bicyclic) bond motifs is 1. The highest BCUT2D eigenvalue weighted by Gasteiger charge is 2.10. The second-order valence-corrected chi connectivity index (χ2v) is 6.94. The summed E-state index contributed by atoms with van der Waals surface area (Å²) in [6.07, 6.45) is 1.63. The normalized spacial score (nSPS) is 10.9. The maximum absolute atomic E-state index is 12.3. The molecule has 0 unspecified atom stereocenters. The Labute approximate surface area is 173 Å². The average Bonchev–Trinajstić information content (AvgIpc) is 3.09. The summed E-state index contributed by atoms with van der Waals surface area (Å²) in [4.78, 5) is 24.5. The Bertz CT molecular complexity index is 1200. The Kier molecular flexibility index (Phi) is 6.01. The lowest BCUT2D eigenvalue weighted by Gasteiger charge is -2.08. The van der Waals surface area contributed by atoms with Gasteiger partial charge in [-0.25, -0.2) is 9.48 Å². The fourth-order valence-corrected chi connectivity index (χ4v) is 3.15. The van der Waals surface area contributed by atoms with Crippen molar-refractivity contribution < 1.29 is 9.53 Å². The van der Waals surface area contributed by atoms with E-state index in [0.29, 0.717) is 25.4 Å². The Balaban J connectivity index is 1.30. The zero-order chi connectivity index (χ0) is 20.8. The smallest absolute Gasteiger partial charge is 0.350 e. The number of rotatable bonds is 8. The van der Waals surface area contributed by atoms with Crippen molar-refractivity contribution in [3.8, 4) is 0 Å². The molecule has 1 N–H and O–H groups in total. The van der Waals surface area contributed by atoms with Crippen molar-refractivity contribution >= 4 is 11.6 Å². The molecule has 2 aromatic heterocycles. The van der Waals surface area contributed by atoms with Crippen LogP contribution in [0.1, 0.15) is 16.7 Å². The average molecular weight is 402 g/mol. The second kappa shape index (κ2) is 9.19. The van der Waals surface area contributed by atoms with Gasteiger partial charge in [-0.05, 0) is 28.8 Å². The first kappa shape index (κ1) is 19.6. The molecule has 0 saturated heterocycles. The zero-order valence-corrected chi connectivity index (χ0v) is 16.4. The van der Waals surface area contributed by atoms with Gasteiger partial charge in [0.05, 0.1) is 13.2 Å². The van der Waals surface area contributed by atoms with Gasteiger partial charge in [0, 0.05) is 12.7 Å². The molecule has 7 nitrogen and oxygen atoms in total. The third kappa shape index (κ3) is 4.82. The van der Waals surface area contributed by atoms with Crippen LogP contribution in [0.15, 0.2) is 83.8 Å². The van der Waals surface area contributed by atoms with E-state index < -0.39 is 0 Å². The molecule has 0 radical (unpaired) electrons. The van der Waals surface area contributed by atoms with Crippen LogP contribution in [0.2, 0.25) is 0 Å². The Morgan fingerprint density at radius 2 is 1.63 bits per heavy atom. The molecule has 0 atom stereocenters. The van der Waals surface area contributed by atoms with Crippen LogP contribution in [0.4, 0.5) is 0 Å². The van der Waals surface area contributed by atoms with Crippen LogP contribution in [0.3, 0.4) is 0 Å². The Morgan fingerprint density at radius 1 is 0.900 bits per heavy atom. The first-order valence-corrected chi connectivity index (χ1v) is 9.69. The van der Waals surface area contributed by atoms with Crippen LogP contribution in [0.5, 0.6) is 0 Å². The summed E-state index contributed by atoms with van der Waals surface area (Å²) < 4.78 is 8.35. The molecule has 2 aromatic carbocycles. The molecule has 0 aliphatic heterocycles. The van der Waals surface area contributed by atoms with Gasteiger partial charge in [0.25, 0.3) is 0 Å². The van der Waals surface area contributed by atoms with E-state index in [0.717, 1.165) is 16.7 Å². The summed E-state index contributed by atoms with van der Waals surface area (Å²) in [6.45, 7) is 1.29. The predicted octanol–water partition coefficient (Wildman–Crippen LogP) is 2.53. The van der Waals surface area contributed by atoms with E-state index in [1.807, 2.05) is 54.6 Å². The minimum atomic E-state index is -0.335. The first-order valence-electron chi connectivity index (χ1n) is 9.69. The van der Waals surface area contributed by atoms with Gasteiger partial charge in [-0.15, -0.1) is 5.10 Å². The molecule has 0 aliphatic rings. The lowest BCUT2D eigenvalue weighted by Crippen LogP contribution is -2.32. The molecule has 7 heteroatoms. The predicted molar refractivity (Wildman–Crippen MR) is 113 cm³/mol. The van der Waals surface area contributed by atoms with Crippen molar-refractivity contribution in [3.05, 3.63) is 106 Å². The largest absolute Gasteiger partial charge is 0.372 e. The number of nitrogens with zero attached hydrogens (tertiary/aromatic N) is 3. The van der Waals surface area contributed by atoms with Crippen LogP contribution >= 0.6 is 0 Å². The third-order valence-electron chi connectivity index (χ3n) is 4.64. The number of pyridine rings is 1. The molecule has 0 saturated carbocycles. The monoisotopic (exact) mass is 402 g/mol. The summed E-state index contributed by atoms with van der Waals surface area (Å²) in [5.74, 6) is -0.272. The van der Waals surface area contributed by atoms with Gasteiger partial charge in [-0.2, -0.15) is 0 Å². The number of benzene rings is 2. The standard InChI is InChI=1S/C23H22N4O3/c28-22(15-27-23(29)26-12-5-4-11-21(26)25-27)24-14-19-9-6-10-20(13-19)17-30-16-18-7-2-1-3-8-18/h1-13H,14-17H2,(H,24,28). The number of carbonyl (C=O) groups is 1. The van der Waals surface area contributed by atoms with Crippen LogP contribution in [-0.4, -0.2) is 20.1 Å². The lowest BCUT2D eigenvalue weighted by atomic mass is 10.1. The van der Waals surface area contributed by atoms with Gasteiger partial charge in [-0.1, -0.05) is 60.7 Å². The summed E-state index contributed by atoms with van der Waals surface area (Å²) in [5, 5.41) is 7.01. The summed E-state index contributed by atoms with van der Waals surface area (Å²) in [7, 11) is 0. The fourth-order valence-electron chi connectivity index (χ4n) is 3.15. The minimum absolute atomic E-state index is 0.125. The van der Waals surface area contributed by atoms with Crippen molar-refractivity contribution in [3.63, 3.8) is 0 Å². The van der Waals surface area contributed by atoms with E-state index >= 15 is 0 Å². The van der Waals surface area contributed by atoms with Crippen molar-refractivity contribution in [1.82, 2.24) is 19.5 Å². The van der Waals surface area contributed by atoms with Gasteiger partial charge < -0.3 is 10.1 Å². The SMILES string of the molecule is O=C(Cn1nc2ccccn2c1=O)NCc1cccc(COCc2ccccc2)c1. The fraction of sp³-hybridized carbons (Fsp3) is 0.174. The molecule has 4 rings (SSSR count). The van der Waals surface area contributed by atoms with Crippen LogP contribution in [-0.2, 0) is 35.8 Å². The topological polar surface area (TPSA) is 77.6 Å². The zero-order valence-electron chi connectivity index (χ0n) is 16.4. The number of ether oxygens (including phenoxy) is 1. The lowest BCUT2D eigenvalue weighted by molar-refractivity contribution is -0.122. The van der Waals surface area contributed by atoms with Gasteiger partial charge in [0.2, 0.25) is 5.91 Å². The van der Waals surface area contributed by atoms with Crippen molar-refractivity contribution in [2.45, 2.75) is 26.3 Å². The molecule has 152 valence electrons. The third-order valence-corrected chi connectivity index (χ3v) is 4.64. The number of hydrogen-bond acceptors (Lipinski definition) is 4. The van der Waals surface area contributed by atoms with E-state index in [1.165, 1.54) is 9.08 Å². The van der Waals surface area contributed by atoms with E-state index in [4.69, 9.17) is 4.74 Å². The minimum Gasteiger partial charge on any atom is -0.372 e. The summed E-state index contributed by atoms with van der Waals surface area (Å²) >= 11 is 0. The molecule has 0 fully saturated rings. The highest BCUT2D eigenvalue weighted by Crippen LogP contribution is 2.09. The van der Waals surface area contributed by atoms with Crippen LogP contribution in [0.25, 0.3) is 5.65 Å². The van der Waals surface area contributed by atoms with Crippen LogP contribution < -0.4 is 11.0 Å². The van der Waals surface area contributed by atoms with E-state index in [2.05, 4.69) is 10.4 Å². The van der Waals surface area contributed by atoms with Crippen molar-refractivity contribution in [2.75, 3.05) is 0 Å². The van der Waals surface area contributed by atoms with Gasteiger partial charge in [-0.3, -0.25) is 9.20 Å². The maximum Gasteiger partial charge on any atom is 0.350 e. The van der Waals surface area contributed by atoms with Crippen molar-refractivity contribution in [1.29, 1.82) is 0 Å². The quantitative estimate of drug-likeness (QED) is 0.491. The van der Waals surface area contributed by atoms with Gasteiger partial charge >= 0.3 is 5.69 Å². The van der Waals surface area contributed by atoms with E-state index in [9.17, 15) is 9.59 Å². The van der Waals surface area contributed by atoms with Crippen LogP contribution in [0, 0.1) is 0 Å². The molecule has 30 heavy (non-hydrogen) atoms. The molecular weight excluding hydrogens is 380 g/mol. The number of carbonyl (C=O) groups excluding carboxylic acids is 1. The van der Waals surface area contributed by atoms with Gasteiger partial charge in [0.15, 0.2) is 5.65 Å². The molecule has 1 amide bonds. The second-order valence-electron chi connectivity index (χ2n) is 6.94. The van der Waals surface area contributed by atoms with E-state index in [-0.39, 0.29) is 18.1 Å². The highest BCUT2D eigenvalue weighted by molar-refractivity contribution is 5.75. The summed E-state index contributed by atoms with van der Waals surface area (Å²) in [6, 6.07) is 23.2.